The maximum absolute atomic E-state index is 8.89. The molecule has 0 unspecified atom stereocenters. The van der Waals surface area contributed by atoms with Gasteiger partial charge in [-0.3, -0.25) is 0 Å². The number of benzene rings is 2. The van der Waals surface area contributed by atoms with Crippen LogP contribution in [-0.4, -0.2) is 26.7 Å². The molecule has 3 N–H and O–H groups in total. The highest BCUT2D eigenvalue weighted by Crippen LogP contribution is 2.27. The average molecular weight is 338 g/mol. The van der Waals surface area contributed by atoms with Crippen molar-refractivity contribution in [3.8, 4) is 17.6 Å². The fourth-order valence-electron chi connectivity index (χ4n) is 2.34. The zero-order valence-corrected chi connectivity index (χ0v) is 14.5. The van der Waals surface area contributed by atoms with E-state index in [1.807, 2.05) is 30.3 Å². The van der Waals surface area contributed by atoms with Crippen molar-refractivity contribution in [3.05, 3.63) is 59.2 Å². The monoisotopic (exact) mass is 338 g/mol. The topological polar surface area (TPSA) is 92.7 Å². The molecule has 0 aliphatic carbocycles. The number of nitrogens with zero attached hydrogens (tertiary/aromatic N) is 2. The van der Waals surface area contributed by atoms with E-state index in [0.29, 0.717) is 36.1 Å². The fourth-order valence-corrected chi connectivity index (χ4v) is 2.34. The summed E-state index contributed by atoms with van der Waals surface area (Å²) in [5, 5.41) is 12.0. The van der Waals surface area contributed by atoms with Crippen molar-refractivity contribution in [1.82, 2.24) is 5.32 Å². The second kappa shape index (κ2) is 9.18. The summed E-state index contributed by atoms with van der Waals surface area (Å²) >= 11 is 0. The summed E-state index contributed by atoms with van der Waals surface area (Å²) in [4.78, 5) is 4.29. The van der Waals surface area contributed by atoms with Crippen LogP contribution in [0.1, 0.15) is 16.7 Å². The summed E-state index contributed by atoms with van der Waals surface area (Å²) in [5.74, 6) is 1.79. The lowest BCUT2D eigenvalue weighted by Crippen LogP contribution is -2.33. The van der Waals surface area contributed by atoms with E-state index in [2.05, 4.69) is 16.4 Å². The highest BCUT2D eigenvalue weighted by molar-refractivity contribution is 5.77. The van der Waals surface area contributed by atoms with Gasteiger partial charge in [0.05, 0.1) is 32.4 Å². The van der Waals surface area contributed by atoms with Crippen LogP contribution in [0.15, 0.2) is 47.5 Å². The predicted octanol–water partition coefficient (Wildman–Crippen LogP) is 2.22. The zero-order valence-electron chi connectivity index (χ0n) is 14.5. The zero-order chi connectivity index (χ0) is 18.1. The summed E-state index contributed by atoms with van der Waals surface area (Å²) in [6.45, 7) is 1.09. The lowest BCUT2D eigenvalue weighted by atomic mass is 10.1. The molecule has 2 rings (SSSR count). The Bertz CT molecular complexity index is 781. The van der Waals surface area contributed by atoms with E-state index in [9.17, 15) is 0 Å². The Kier molecular flexibility index (Phi) is 6.66. The summed E-state index contributed by atoms with van der Waals surface area (Å²) in [6.07, 6.45) is 0.778. The second-order valence-corrected chi connectivity index (χ2v) is 5.38. The van der Waals surface area contributed by atoms with Gasteiger partial charge in [0.25, 0.3) is 0 Å². The minimum absolute atomic E-state index is 0.378. The van der Waals surface area contributed by atoms with Gasteiger partial charge in [-0.2, -0.15) is 5.26 Å². The van der Waals surface area contributed by atoms with Gasteiger partial charge in [-0.25, -0.2) is 4.99 Å². The fraction of sp³-hybridized carbons (Fsp3) is 0.263. The summed E-state index contributed by atoms with van der Waals surface area (Å²) in [6, 6.07) is 15.3. The SMILES string of the molecule is COc1ccc(CCNC(N)=NCc2cccc(C#N)c2)cc1OC. The largest absolute Gasteiger partial charge is 0.493 e. The molecule has 2 aromatic carbocycles. The molecule has 0 spiro atoms. The minimum Gasteiger partial charge on any atom is -0.493 e. The first-order valence-electron chi connectivity index (χ1n) is 7.90. The van der Waals surface area contributed by atoms with Crippen LogP contribution in [0.2, 0.25) is 0 Å². The van der Waals surface area contributed by atoms with Crippen LogP contribution < -0.4 is 20.5 Å². The molecule has 0 bridgehead atoms. The Labute approximate surface area is 147 Å². The van der Waals surface area contributed by atoms with Crippen molar-refractivity contribution in [2.75, 3.05) is 20.8 Å². The van der Waals surface area contributed by atoms with E-state index in [0.717, 1.165) is 17.5 Å². The lowest BCUT2D eigenvalue weighted by molar-refractivity contribution is 0.354. The van der Waals surface area contributed by atoms with Gasteiger partial charge < -0.3 is 20.5 Å². The molecule has 6 nitrogen and oxygen atoms in total. The Balaban J connectivity index is 1.85. The van der Waals surface area contributed by atoms with Crippen LogP contribution in [0.4, 0.5) is 0 Å². The quantitative estimate of drug-likeness (QED) is 0.596. The van der Waals surface area contributed by atoms with Crippen LogP contribution in [0, 0.1) is 11.3 Å². The number of nitriles is 1. The van der Waals surface area contributed by atoms with Gasteiger partial charge in [-0.15, -0.1) is 0 Å². The van der Waals surface area contributed by atoms with Gasteiger partial charge in [-0.1, -0.05) is 18.2 Å². The Morgan fingerprint density at radius 3 is 2.64 bits per heavy atom. The number of methoxy groups -OCH3 is 2. The number of aliphatic imine (C=N–C) groups is 1. The highest BCUT2D eigenvalue weighted by Gasteiger charge is 2.04. The number of nitrogens with two attached hydrogens (primary N) is 1. The van der Waals surface area contributed by atoms with Gasteiger partial charge >= 0.3 is 0 Å². The molecule has 0 fully saturated rings. The molecular formula is C19H22N4O2. The van der Waals surface area contributed by atoms with Gasteiger partial charge in [0.1, 0.15) is 0 Å². The van der Waals surface area contributed by atoms with E-state index in [1.54, 1.807) is 26.4 Å². The van der Waals surface area contributed by atoms with E-state index in [-0.39, 0.29) is 0 Å². The van der Waals surface area contributed by atoms with Crippen molar-refractivity contribution in [3.63, 3.8) is 0 Å². The standard InChI is InChI=1S/C19H22N4O2/c1-24-17-7-6-14(11-18(17)25-2)8-9-22-19(21)23-13-16-5-3-4-15(10-16)12-20/h3-7,10-11H,8-9,13H2,1-2H3,(H3,21,22,23). The molecule has 0 radical (unpaired) electrons. The first-order valence-corrected chi connectivity index (χ1v) is 7.90. The van der Waals surface area contributed by atoms with Crippen molar-refractivity contribution in [2.45, 2.75) is 13.0 Å². The number of rotatable bonds is 7. The minimum atomic E-state index is 0.378. The number of hydrogen-bond donors (Lipinski definition) is 2. The predicted molar refractivity (Wildman–Crippen MR) is 97.7 cm³/mol. The molecule has 0 aliphatic rings. The van der Waals surface area contributed by atoms with Crippen molar-refractivity contribution >= 4 is 5.96 Å². The lowest BCUT2D eigenvalue weighted by Gasteiger charge is -2.10. The van der Waals surface area contributed by atoms with Crippen LogP contribution in [0.5, 0.6) is 11.5 Å². The molecule has 0 aliphatic heterocycles. The molecule has 0 saturated carbocycles. The van der Waals surface area contributed by atoms with Crippen LogP contribution in [-0.2, 0) is 13.0 Å². The smallest absolute Gasteiger partial charge is 0.188 e. The summed E-state index contributed by atoms with van der Waals surface area (Å²) in [5.41, 5.74) is 8.56. The van der Waals surface area contributed by atoms with Crippen molar-refractivity contribution in [2.24, 2.45) is 10.7 Å². The van der Waals surface area contributed by atoms with Gasteiger partial charge in [0.2, 0.25) is 0 Å². The molecular weight excluding hydrogens is 316 g/mol. The van der Waals surface area contributed by atoms with E-state index in [1.165, 1.54) is 0 Å². The van der Waals surface area contributed by atoms with E-state index >= 15 is 0 Å². The van der Waals surface area contributed by atoms with E-state index < -0.39 is 0 Å². The number of guanidine groups is 1. The number of hydrogen-bond acceptors (Lipinski definition) is 4. The normalized spacial score (nSPS) is 10.8. The molecule has 0 amide bonds. The van der Waals surface area contributed by atoms with Crippen molar-refractivity contribution < 1.29 is 9.47 Å². The highest BCUT2D eigenvalue weighted by atomic mass is 16.5. The van der Waals surface area contributed by atoms with Gasteiger partial charge in [0, 0.05) is 6.54 Å². The number of nitrogens with one attached hydrogen (secondary N) is 1. The maximum Gasteiger partial charge on any atom is 0.188 e. The Morgan fingerprint density at radius 2 is 1.92 bits per heavy atom. The molecule has 25 heavy (non-hydrogen) atoms. The molecule has 0 saturated heterocycles. The second-order valence-electron chi connectivity index (χ2n) is 5.38. The molecule has 6 heteroatoms. The third-order valence-electron chi connectivity index (χ3n) is 3.66. The van der Waals surface area contributed by atoms with Crippen LogP contribution in [0.25, 0.3) is 0 Å². The van der Waals surface area contributed by atoms with Crippen LogP contribution in [0.3, 0.4) is 0 Å². The molecule has 130 valence electrons. The third kappa shape index (κ3) is 5.43. The molecule has 2 aromatic rings. The Morgan fingerprint density at radius 1 is 1.12 bits per heavy atom. The molecule has 0 heterocycles. The van der Waals surface area contributed by atoms with Gasteiger partial charge in [-0.05, 0) is 41.8 Å². The summed E-state index contributed by atoms with van der Waals surface area (Å²) < 4.78 is 10.5. The Hall–Kier alpha value is -3.20. The number of ether oxygens (including phenoxy) is 2. The first kappa shape index (κ1) is 18.1. The maximum atomic E-state index is 8.89. The van der Waals surface area contributed by atoms with Gasteiger partial charge in [0.15, 0.2) is 17.5 Å². The summed E-state index contributed by atoms with van der Waals surface area (Å²) in [7, 11) is 3.23. The first-order chi connectivity index (χ1) is 12.2. The molecule has 0 aromatic heterocycles. The van der Waals surface area contributed by atoms with E-state index in [4.69, 9.17) is 20.5 Å². The van der Waals surface area contributed by atoms with Crippen molar-refractivity contribution in [1.29, 1.82) is 5.26 Å². The molecule has 0 atom stereocenters. The average Bonchev–Trinajstić information content (AvgIpc) is 2.66. The third-order valence-corrected chi connectivity index (χ3v) is 3.66. The van der Waals surface area contributed by atoms with Crippen LogP contribution >= 0.6 is 0 Å².